The van der Waals surface area contributed by atoms with Crippen molar-refractivity contribution in [2.24, 2.45) is 5.41 Å². The number of nitrogens with zero attached hydrogens (tertiary/aromatic N) is 1. The Balaban J connectivity index is 1.99. The van der Waals surface area contributed by atoms with Crippen LogP contribution in [0.1, 0.15) is 99.3 Å². The number of hydrogen-bond donors (Lipinski definition) is 1. The molecule has 0 saturated heterocycles. The first-order valence-electron chi connectivity index (χ1n) is 16.1. The third-order valence-corrected chi connectivity index (χ3v) is 9.09. The van der Waals surface area contributed by atoms with E-state index in [0.29, 0.717) is 11.3 Å². The molecule has 5 rings (SSSR count). The van der Waals surface area contributed by atoms with Crippen LogP contribution < -0.4 is 4.74 Å². The molecule has 0 fully saturated rings. The Labute approximate surface area is 273 Å². The molecule has 1 heterocycles. The second-order valence-corrected chi connectivity index (χ2v) is 16.8. The fourth-order valence-electron chi connectivity index (χ4n) is 6.99. The number of hydrogen-bond acceptors (Lipinski definition) is 2. The normalized spacial score (nSPS) is 13.2. The zero-order chi connectivity index (χ0) is 34.1. The van der Waals surface area contributed by atoms with Gasteiger partial charge in [0.15, 0.2) is 11.6 Å². The van der Waals surface area contributed by atoms with E-state index >= 15 is 4.39 Å². The molecular weight excluding hydrogens is 576 g/mol. The van der Waals surface area contributed by atoms with Gasteiger partial charge < -0.3 is 14.4 Å². The van der Waals surface area contributed by atoms with E-state index in [4.69, 9.17) is 4.74 Å². The number of methoxy groups -OCH3 is 1. The topological polar surface area (TPSA) is 34.4 Å². The van der Waals surface area contributed by atoms with E-state index in [1.54, 1.807) is 0 Å². The number of halogens is 2. The van der Waals surface area contributed by atoms with Crippen LogP contribution in [-0.4, -0.2) is 16.8 Å². The molecule has 1 N–H and O–H groups in total. The van der Waals surface area contributed by atoms with Crippen molar-refractivity contribution in [3.8, 4) is 28.3 Å². The number of fused-ring (bicyclic) bond motifs is 3. The average molecular weight is 626 g/mol. The third kappa shape index (κ3) is 6.13. The van der Waals surface area contributed by atoms with Gasteiger partial charge in [-0.05, 0) is 75.1 Å². The SMILES string of the molecule is COc1c(F)cc(F)cc1-c1cc(C(C)(C)CC(C)(C)C)cc(-n2c3cc(C(C)(C)C)ccc3c3ccc(C(C)(C)C)cc32)c1O. The lowest BCUT2D eigenvalue weighted by Crippen LogP contribution is -2.25. The van der Waals surface area contributed by atoms with Crippen LogP contribution in [0.2, 0.25) is 0 Å². The van der Waals surface area contributed by atoms with Gasteiger partial charge in [-0.1, -0.05) is 100 Å². The van der Waals surface area contributed by atoms with Gasteiger partial charge in [-0.2, -0.15) is 0 Å². The molecule has 0 radical (unpaired) electrons. The van der Waals surface area contributed by atoms with Gasteiger partial charge in [-0.25, -0.2) is 8.78 Å². The summed E-state index contributed by atoms with van der Waals surface area (Å²) in [6.45, 7) is 24.1. The highest BCUT2D eigenvalue weighted by Gasteiger charge is 2.31. The van der Waals surface area contributed by atoms with Gasteiger partial charge in [0.2, 0.25) is 0 Å². The highest BCUT2D eigenvalue weighted by molar-refractivity contribution is 6.10. The number of aromatic nitrogens is 1. The van der Waals surface area contributed by atoms with E-state index < -0.39 is 11.6 Å². The van der Waals surface area contributed by atoms with E-state index in [2.05, 4.69) is 123 Å². The molecule has 0 aliphatic heterocycles. The number of phenols is 1. The average Bonchev–Trinajstić information content (AvgIpc) is 3.23. The summed E-state index contributed by atoms with van der Waals surface area (Å²) < 4.78 is 37.6. The summed E-state index contributed by atoms with van der Waals surface area (Å²) in [4.78, 5) is 0. The van der Waals surface area contributed by atoms with Crippen molar-refractivity contribution < 1.29 is 18.6 Å². The first-order valence-corrected chi connectivity index (χ1v) is 16.1. The number of aromatic hydroxyl groups is 1. The minimum atomic E-state index is -0.820. The Bertz CT molecular complexity index is 1890. The zero-order valence-corrected chi connectivity index (χ0v) is 29.5. The first kappa shape index (κ1) is 33.5. The van der Waals surface area contributed by atoms with E-state index in [0.717, 1.165) is 51.0 Å². The van der Waals surface area contributed by atoms with Crippen LogP contribution in [0.3, 0.4) is 0 Å². The summed E-state index contributed by atoms with van der Waals surface area (Å²) in [5.41, 5.74) is 5.67. The maximum Gasteiger partial charge on any atom is 0.168 e. The summed E-state index contributed by atoms with van der Waals surface area (Å²) >= 11 is 0. The summed E-state index contributed by atoms with van der Waals surface area (Å²) in [5.74, 6) is -1.74. The second-order valence-electron chi connectivity index (χ2n) is 16.8. The summed E-state index contributed by atoms with van der Waals surface area (Å²) in [5, 5.41) is 14.4. The predicted octanol–water partition coefficient (Wildman–Crippen LogP) is 11.8. The van der Waals surface area contributed by atoms with E-state index in [1.807, 2.05) is 6.07 Å². The highest BCUT2D eigenvalue weighted by Crippen LogP contribution is 2.48. The molecule has 4 aromatic carbocycles. The number of rotatable bonds is 5. The Kier molecular flexibility index (Phi) is 8.11. The van der Waals surface area contributed by atoms with Crippen LogP contribution in [0.4, 0.5) is 8.78 Å². The van der Waals surface area contributed by atoms with Crippen LogP contribution in [0, 0.1) is 17.0 Å². The Morgan fingerprint density at radius 3 is 1.63 bits per heavy atom. The molecule has 1 aromatic heterocycles. The van der Waals surface area contributed by atoms with Gasteiger partial charge in [0.25, 0.3) is 0 Å². The number of phenolic OH excluding ortho intramolecular Hbond substituents is 1. The van der Waals surface area contributed by atoms with Gasteiger partial charge >= 0.3 is 0 Å². The standard InChI is InChI=1S/C41H49F2NO2/c1-38(2,3)23-41(10,11)26-17-30(31-21-27(42)22-32(43)37(31)46-12)36(45)35(20-26)44-33-18-24(39(4,5)6)13-15-28(33)29-16-14-25(19-34(29)44)40(7,8)9/h13-22,45H,23H2,1-12H3. The maximum atomic E-state index is 15.1. The largest absolute Gasteiger partial charge is 0.505 e. The smallest absolute Gasteiger partial charge is 0.168 e. The van der Waals surface area contributed by atoms with Crippen molar-refractivity contribution in [2.45, 2.75) is 98.8 Å². The Morgan fingerprint density at radius 2 is 1.17 bits per heavy atom. The third-order valence-electron chi connectivity index (χ3n) is 9.09. The molecule has 5 heteroatoms. The van der Waals surface area contributed by atoms with E-state index in [-0.39, 0.29) is 38.7 Å². The molecule has 5 aromatic rings. The second kappa shape index (κ2) is 11.1. The minimum Gasteiger partial charge on any atom is -0.505 e. The molecule has 0 aliphatic carbocycles. The molecule has 0 amide bonds. The lowest BCUT2D eigenvalue weighted by molar-refractivity contribution is 0.284. The molecule has 0 atom stereocenters. The van der Waals surface area contributed by atoms with Gasteiger partial charge in [-0.15, -0.1) is 0 Å². The number of ether oxygens (including phenoxy) is 1. The molecule has 244 valence electrons. The van der Waals surface area contributed by atoms with Gasteiger partial charge in [0.1, 0.15) is 11.6 Å². The quantitative estimate of drug-likeness (QED) is 0.211. The van der Waals surface area contributed by atoms with Crippen molar-refractivity contribution in [3.63, 3.8) is 0 Å². The van der Waals surface area contributed by atoms with Crippen LogP contribution >= 0.6 is 0 Å². The van der Waals surface area contributed by atoms with Crippen molar-refractivity contribution in [2.75, 3.05) is 7.11 Å². The van der Waals surface area contributed by atoms with Crippen LogP contribution in [-0.2, 0) is 16.2 Å². The fraction of sp³-hybridized carbons (Fsp3) is 0.415. The highest BCUT2D eigenvalue weighted by atomic mass is 19.1. The Hall–Kier alpha value is -3.86. The summed E-state index contributed by atoms with van der Waals surface area (Å²) in [7, 11) is 1.36. The molecule has 0 saturated carbocycles. The fourth-order valence-corrected chi connectivity index (χ4v) is 6.99. The maximum absolute atomic E-state index is 15.1. The first-order chi connectivity index (χ1) is 21.1. The van der Waals surface area contributed by atoms with Gasteiger partial charge in [0, 0.05) is 28.0 Å². The minimum absolute atomic E-state index is 0.000426. The van der Waals surface area contributed by atoms with Crippen LogP contribution in [0.25, 0.3) is 38.6 Å². The van der Waals surface area contributed by atoms with Crippen molar-refractivity contribution in [1.29, 1.82) is 0 Å². The molecule has 0 unspecified atom stereocenters. The lowest BCUT2D eigenvalue weighted by Gasteiger charge is -2.34. The summed E-state index contributed by atoms with van der Waals surface area (Å²) in [6, 6.07) is 19.1. The van der Waals surface area contributed by atoms with Crippen molar-refractivity contribution in [1.82, 2.24) is 4.57 Å². The molecule has 0 spiro atoms. The lowest BCUT2D eigenvalue weighted by atomic mass is 9.71. The van der Waals surface area contributed by atoms with E-state index in [1.165, 1.54) is 13.2 Å². The monoisotopic (exact) mass is 625 g/mol. The van der Waals surface area contributed by atoms with Crippen LogP contribution in [0.5, 0.6) is 11.5 Å². The molecular formula is C41H49F2NO2. The zero-order valence-electron chi connectivity index (χ0n) is 29.5. The van der Waals surface area contributed by atoms with Crippen molar-refractivity contribution in [3.05, 3.63) is 89.0 Å². The summed E-state index contributed by atoms with van der Waals surface area (Å²) in [6.07, 6.45) is 0.841. The Morgan fingerprint density at radius 1 is 0.652 bits per heavy atom. The number of benzene rings is 4. The molecule has 0 aliphatic rings. The van der Waals surface area contributed by atoms with E-state index in [9.17, 15) is 9.50 Å². The molecule has 46 heavy (non-hydrogen) atoms. The molecule has 0 bridgehead atoms. The van der Waals surface area contributed by atoms with Crippen molar-refractivity contribution >= 4 is 21.8 Å². The predicted molar refractivity (Wildman–Crippen MR) is 189 cm³/mol. The van der Waals surface area contributed by atoms with Gasteiger partial charge in [-0.3, -0.25) is 0 Å². The molecule has 3 nitrogen and oxygen atoms in total. The van der Waals surface area contributed by atoms with Gasteiger partial charge in [0.05, 0.1) is 23.8 Å². The van der Waals surface area contributed by atoms with Crippen LogP contribution in [0.15, 0.2) is 60.7 Å².